The molecule has 5 nitrogen and oxygen atoms in total. The first-order valence-electron chi connectivity index (χ1n) is 7.66. The minimum Gasteiger partial charge on any atom is -0.491 e. The van der Waals surface area contributed by atoms with E-state index in [0.29, 0.717) is 46.1 Å². The molecular weight excluding hydrogens is 284 g/mol. The molecule has 0 heterocycles. The number of hydrogen-bond acceptors (Lipinski definition) is 5. The molecule has 1 rings (SSSR count). The van der Waals surface area contributed by atoms with Gasteiger partial charge in [-0.2, -0.15) is 0 Å². The number of carbonyl (C=O) groups excluding carboxylic acids is 1. The molecule has 0 amide bonds. The van der Waals surface area contributed by atoms with Crippen LogP contribution in [0.3, 0.4) is 0 Å². The van der Waals surface area contributed by atoms with Gasteiger partial charge in [0.05, 0.1) is 33.0 Å². The smallest absolute Gasteiger partial charge is 0.158 e. The Kier molecular flexibility index (Phi) is 10.3. The van der Waals surface area contributed by atoms with Crippen LogP contribution in [0.4, 0.5) is 0 Å². The molecule has 0 aliphatic carbocycles. The number of carbonyl (C=O) groups is 1. The van der Waals surface area contributed by atoms with Gasteiger partial charge < -0.3 is 18.9 Å². The lowest BCUT2D eigenvalue weighted by atomic mass is 10.2. The standard InChI is InChI=1S/C17H26O5/c1-3-16(18)14-21-11-10-19-8-9-20-12-13-22-17-6-4-15(2)5-7-17/h4-7H,3,8-14H2,1-2H3. The molecule has 22 heavy (non-hydrogen) atoms. The number of Topliss-reactive ketones (excluding diaryl/α,β-unsaturated/α-hetero) is 1. The Labute approximate surface area is 132 Å². The first-order chi connectivity index (χ1) is 10.7. The molecule has 1 aromatic carbocycles. The van der Waals surface area contributed by atoms with Gasteiger partial charge in [-0.15, -0.1) is 0 Å². The van der Waals surface area contributed by atoms with Crippen molar-refractivity contribution < 1.29 is 23.7 Å². The van der Waals surface area contributed by atoms with Gasteiger partial charge in [-0.25, -0.2) is 0 Å². The molecule has 0 radical (unpaired) electrons. The Balaban J connectivity index is 1.84. The number of aryl methyl sites for hydroxylation is 1. The van der Waals surface area contributed by atoms with Crippen LogP contribution in [0, 0.1) is 6.92 Å². The lowest BCUT2D eigenvalue weighted by Crippen LogP contribution is -2.14. The third kappa shape index (κ3) is 9.50. The van der Waals surface area contributed by atoms with E-state index in [4.69, 9.17) is 18.9 Å². The summed E-state index contributed by atoms with van der Waals surface area (Å²) in [4.78, 5) is 11.0. The SMILES string of the molecule is CCC(=O)COCCOCCOCCOc1ccc(C)cc1. The fraction of sp³-hybridized carbons (Fsp3) is 0.588. The minimum absolute atomic E-state index is 0.108. The Hall–Kier alpha value is -1.43. The van der Waals surface area contributed by atoms with Crippen molar-refractivity contribution in [3.05, 3.63) is 29.8 Å². The van der Waals surface area contributed by atoms with Crippen molar-refractivity contribution in [1.29, 1.82) is 0 Å². The molecule has 0 N–H and O–H groups in total. The minimum atomic E-state index is 0.108. The number of ether oxygens (including phenoxy) is 4. The molecule has 0 unspecified atom stereocenters. The van der Waals surface area contributed by atoms with Crippen LogP contribution >= 0.6 is 0 Å². The van der Waals surface area contributed by atoms with Crippen LogP contribution < -0.4 is 4.74 Å². The highest BCUT2D eigenvalue weighted by Gasteiger charge is 1.97. The summed E-state index contributed by atoms with van der Waals surface area (Å²) >= 11 is 0. The fourth-order valence-corrected chi connectivity index (χ4v) is 1.58. The molecule has 0 bridgehead atoms. The van der Waals surface area contributed by atoms with Gasteiger partial charge in [0.15, 0.2) is 5.78 Å². The summed E-state index contributed by atoms with van der Waals surface area (Å²) in [5, 5.41) is 0. The van der Waals surface area contributed by atoms with Gasteiger partial charge in [0.25, 0.3) is 0 Å². The predicted octanol–water partition coefficient (Wildman–Crippen LogP) is 2.40. The molecule has 0 spiro atoms. The summed E-state index contributed by atoms with van der Waals surface area (Å²) in [7, 11) is 0. The monoisotopic (exact) mass is 310 g/mol. The maximum atomic E-state index is 11.0. The van der Waals surface area contributed by atoms with E-state index in [-0.39, 0.29) is 12.4 Å². The van der Waals surface area contributed by atoms with Crippen LogP contribution in [-0.2, 0) is 19.0 Å². The molecule has 0 atom stereocenters. The molecule has 0 aliphatic rings. The molecule has 124 valence electrons. The zero-order valence-electron chi connectivity index (χ0n) is 13.5. The molecule has 0 saturated heterocycles. The van der Waals surface area contributed by atoms with Gasteiger partial charge in [-0.3, -0.25) is 4.79 Å². The van der Waals surface area contributed by atoms with Crippen LogP contribution in [0.15, 0.2) is 24.3 Å². The molecule has 0 fully saturated rings. The molecule has 5 heteroatoms. The summed E-state index contributed by atoms with van der Waals surface area (Å²) in [6.07, 6.45) is 0.513. The highest BCUT2D eigenvalue weighted by Crippen LogP contribution is 2.10. The van der Waals surface area contributed by atoms with Gasteiger partial charge in [0.1, 0.15) is 19.0 Å². The second kappa shape index (κ2) is 12.1. The lowest BCUT2D eigenvalue weighted by molar-refractivity contribution is -0.123. The van der Waals surface area contributed by atoms with E-state index < -0.39 is 0 Å². The number of hydrogen-bond donors (Lipinski definition) is 0. The number of ketones is 1. The van der Waals surface area contributed by atoms with Crippen molar-refractivity contribution in [3.63, 3.8) is 0 Å². The Morgan fingerprint density at radius 2 is 1.41 bits per heavy atom. The van der Waals surface area contributed by atoms with Crippen molar-refractivity contribution in [2.45, 2.75) is 20.3 Å². The average Bonchev–Trinajstić information content (AvgIpc) is 2.54. The van der Waals surface area contributed by atoms with E-state index in [1.165, 1.54) is 5.56 Å². The molecular formula is C17H26O5. The van der Waals surface area contributed by atoms with Gasteiger partial charge >= 0.3 is 0 Å². The largest absolute Gasteiger partial charge is 0.491 e. The predicted molar refractivity (Wildman–Crippen MR) is 84.4 cm³/mol. The normalized spacial score (nSPS) is 10.6. The zero-order valence-corrected chi connectivity index (χ0v) is 13.5. The van der Waals surface area contributed by atoms with Crippen LogP contribution in [0.5, 0.6) is 5.75 Å². The highest BCUT2D eigenvalue weighted by molar-refractivity contribution is 5.79. The van der Waals surface area contributed by atoms with E-state index in [1.807, 2.05) is 38.1 Å². The fourth-order valence-electron chi connectivity index (χ4n) is 1.58. The highest BCUT2D eigenvalue weighted by atomic mass is 16.6. The maximum Gasteiger partial charge on any atom is 0.158 e. The van der Waals surface area contributed by atoms with Crippen LogP contribution in [0.1, 0.15) is 18.9 Å². The van der Waals surface area contributed by atoms with Gasteiger partial charge in [-0.05, 0) is 19.1 Å². The number of rotatable bonds is 13. The second-order valence-corrected chi connectivity index (χ2v) is 4.83. The summed E-state index contributed by atoms with van der Waals surface area (Å²) < 4.78 is 21.4. The molecule has 0 aliphatic heterocycles. The summed E-state index contributed by atoms with van der Waals surface area (Å²) in [5.41, 5.74) is 1.21. The first-order valence-corrected chi connectivity index (χ1v) is 7.66. The third-order valence-electron chi connectivity index (χ3n) is 2.92. The second-order valence-electron chi connectivity index (χ2n) is 4.83. The van der Waals surface area contributed by atoms with Gasteiger partial charge in [-0.1, -0.05) is 24.6 Å². The quantitative estimate of drug-likeness (QED) is 0.524. The summed E-state index contributed by atoms with van der Waals surface area (Å²) in [6.45, 7) is 7.02. The van der Waals surface area contributed by atoms with Crippen molar-refractivity contribution >= 4 is 5.78 Å². The van der Waals surface area contributed by atoms with E-state index in [9.17, 15) is 4.79 Å². The van der Waals surface area contributed by atoms with E-state index >= 15 is 0 Å². The van der Waals surface area contributed by atoms with E-state index in [2.05, 4.69) is 0 Å². The van der Waals surface area contributed by atoms with Gasteiger partial charge in [0, 0.05) is 6.42 Å². The summed E-state index contributed by atoms with van der Waals surface area (Å²) in [5.74, 6) is 0.959. The van der Waals surface area contributed by atoms with Crippen LogP contribution in [0.25, 0.3) is 0 Å². The average molecular weight is 310 g/mol. The summed E-state index contributed by atoms with van der Waals surface area (Å²) in [6, 6.07) is 7.92. The Bertz CT molecular complexity index is 402. The van der Waals surface area contributed by atoms with Gasteiger partial charge in [0.2, 0.25) is 0 Å². The molecule has 0 saturated carbocycles. The topological polar surface area (TPSA) is 54.0 Å². The molecule has 0 aromatic heterocycles. The first kappa shape index (κ1) is 18.6. The zero-order chi connectivity index (χ0) is 16.0. The number of benzene rings is 1. The van der Waals surface area contributed by atoms with Crippen LogP contribution in [-0.4, -0.2) is 52.0 Å². The maximum absolute atomic E-state index is 11.0. The lowest BCUT2D eigenvalue weighted by Gasteiger charge is -2.08. The van der Waals surface area contributed by atoms with E-state index in [1.54, 1.807) is 0 Å². The van der Waals surface area contributed by atoms with E-state index in [0.717, 1.165) is 5.75 Å². The Morgan fingerprint density at radius 3 is 2.00 bits per heavy atom. The van der Waals surface area contributed by atoms with Crippen LogP contribution in [0.2, 0.25) is 0 Å². The van der Waals surface area contributed by atoms with Crippen molar-refractivity contribution in [3.8, 4) is 5.75 Å². The van der Waals surface area contributed by atoms with Crippen molar-refractivity contribution in [2.24, 2.45) is 0 Å². The Morgan fingerprint density at radius 1 is 0.864 bits per heavy atom. The van der Waals surface area contributed by atoms with Crippen molar-refractivity contribution in [1.82, 2.24) is 0 Å². The third-order valence-corrected chi connectivity index (χ3v) is 2.92. The van der Waals surface area contributed by atoms with Crippen molar-refractivity contribution in [2.75, 3.05) is 46.2 Å². The molecule has 1 aromatic rings.